The fraction of sp³-hybridized carbons (Fsp3) is 0.429. The summed E-state index contributed by atoms with van der Waals surface area (Å²) in [4.78, 5) is 39.6. The molecule has 4 rings (SSSR count). The molecule has 2 aliphatic rings. The number of nitrogens with zero attached hydrogens (tertiary/aromatic N) is 5. The van der Waals surface area contributed by atoms with E-state index in [0.29, 0.717) is 68.9 Å². The molecule has 10 nitrogen and oxygen atoms in total. The summed E-state index contributed by atoms with van der Waals surface area (Å²) < 4.78 is 0. The number of nitrogens with two attached hydrogens (primary N) is 1. The van der Waals surface area contributed by atoms with Crippen LogP contribution in [0.5, 0.6) is 5.75 Å². The third-order valence-corrected chi connectivity index (χ3v) is 6.03. The quantitative estimate of drug-likeness (QED) is 0.343. The Balaban J connectivity index is 1.23. The lowest BCUT2D eigenvalue weighted by molar-refractivity contribution is -0.132. The smallest absolute Gasteiger partial charge is 0.236 e. The average Bonchev–Trinajstić information content (AvgIpc) is 3.25. The molecule has 1 aromatic carbocycles. The molecule has 2 aromatic rings. The highest BCUT2D eigenvalue weighted by atomic mass is 35.5. The summed E-state index contributed by atoms with van der Waals surface area (Å²) in [7, 11) is 0. The predicted octanol–water partition coefficient (Wildman–Crippen LogP) is 1.03. The zero-order valence-corrected chi connectivity index (χ0v) is 18.3. The van der Waals surface area contributed by atoms with Crippen molar-refractivity contribution in [1.82, 2.24) is 19.8 Å². The van der Waals surface area contributed by atoms with Gasteiger partial charge in [0.05, 0.1) is 30.5 Å². The van der Waals surface area contributed by atoms with Gasteiger partial charge in [-0.15, -0.1) is 0 Å². The van der Waals surface area contributed by atoms with E-state index in [1.54, 1.807) is 12.3 Å². The van der Waals surface area contributed by atoms with Crippen LogP contribution in [0.4, 0.5) is 17.2 Å². The zero-order chi connectivity index (χ0) is 22.7. The Hall–Kier alpha value is -3.11. The summed E-state index contributed by atoms with van der Waals surface area (Å²) >= 11 is 5.92. The van der Waals surface area contributed by atoms with E-state index in [9.17, 15) is 14.7 Å². The third-order valence-electron chi connectivity index (χ3n) is 5.85. The molecular weight excluding hydrogens is 434 g/mol. The first kappa shape index (κ1) is 22.1. The number of rotatable bonds is 5. The summed E-state index contributed by atoms with van der Waals surface area (Å²) in [6, 6.07) is 4.58. The molecule has 11 heteroatoms. The number of anilines is 3. The number of likely N-dealkylation sites (tertiary alicyclic amines) is 1. The number of aromatic nitrogens is 2. The Kier molecular flexibility index (Phi) is 6.61. The molecule has 1 atom stereocenters. The molecule has 2 saturated heterocycles. The number of nitrogen functional groups attached to an aromatic ring is 1. The zero-order valence-electron chi connectivity index (χ0n) is 17.6. The van der Waals surface area contributed by atoms with Crippen LogP contribution in [-0.4, -0.2) is 82.5 Å². The van der Waals surface area contributed by atoms with Crippen LogP contribution in [-0.2, 0) is 9.59 Å². The molecule has 32 heavy (non-hydrogen) atoms. The molecule has 0 unspecified atom stereocenters. The Morgan fingerprint density at radius 2 is 1.97 bits per heavy atom. The van der Waals surface area contributed by atoms with E-state index in [-0.39, 0.29) is 29.2 Å². The maximum atomic E-state index is 12.8. The van der Waals surface area contributed by atoms with Gasteiger partial charge in [0.15, 0.2) is 0 Å². The van der Waals surface area contributed by atoms with E-state index < -0.39 is 0 Å². The van der Waals surface area contributed by atoms with E-state index in [1.165, 1.54) is 18.3 Å². The molecule has 0 radical (unpaired) electrons. The number of phenolic OH excluding ortho intramolecular Hbond substituents is 1. The molecule has 0 aliphatic carbocycles. The molecule has 0 spiro atoms. The number of carbonyl (C=O) groups is 2. The molecule has 0 bridgehead atoms. The molecule has 2 amide bonds. The predicted molar refractivity (Wildman–Crippen MR) is 122 cm³/mol. The third kappa shape index (κ3) is 5.20. The molecule has 4 N–H and O–H groups in total. The second-order valence-corrected chi connectivity index (χ2v) is 8.44. The van der Waals surface area contributed by atoms with Crippen molar-refractivity contribution < 1.29 is 14.7 Å². The average molecular weight is 460 g/mol. The largest absolute Gasteiger partial charge is 0.506 e. The van der Waals surface area contributed by atoms with Gasteiger partial charge in [-0.1, -0.05) is 11.6 Å². The number of hydrogen-bond donors (Lipinski definition) is 3. The van der Waals surface area contributed by atoms with Crippen molar-refractivity contribution in [3.05, 3.63) is 35.7 Å². The number of piperazine rings is 1. The lowest BCUT2D eigenvalue weighted by Gasteiger charge is -2.36. The summed E-state index contributed by atoms with van der Waals surface area (Å²) in [6.45, 7) is 4.07. The minimum atomic E-state index is -0.198. The van der Waals surface area contributed by atoms with Crippen molar-refractivity contribution >= 4 is 40.6 Å². The summed E-state index contributed by atoms with van der Waals surface area (Å²) in [5.41, 5.74) is 6.43. The number of amides is 2. The van der Waals surface area contributed by atoms with Crippen LogP contribution in [0.25, 0.3) is 0 Å². The van der Waals surface area contributed by atoms with E-state index in [4.69, 9.17) is 17.3 Å². The first-order valence-electron chi connectivity index (χ1n) is 10.5. The highest BCUT2D eigenvalue weighted by molar-refractivity contribution is 6.29. The van der Waals surface area contributed by atoms with Crippen molar-refractivity contribution in [2.75, 3.05) is 61.8 Å². The van der Waals surface area contributed by atoms with E-state index in [0.717, 1.165) is 0 Å². The Morgan fingerprint density at radius 1 is 1.19 bits per heavy atom. The van der Waals surface area contributed by atoms with Crippen LogP contribution in [0.15, 0.2) is 30.6 Å². The molecule has 2 fully saturated rings. The Bertz CT molecular complexity index is 997. The van der Waals surface area contributed by atoms with E-state index >= 15 is 0 Å². The van der Waals surface area contributed by atoms with Gasteiger partial charge in [0.1, 0.15) is 16.7 Å². The van der Waals surface area contributed by atoms with Gasteiger partial charge >= 0.3 is 0 Å². The maximum Gasteiger partial charge on any atom is 0.236 e. The number of carbonyl (C=O) groups excluding carboxylic acids is 2. The molecular formula is C21H26ClN7O3. The van der Waals surface area contributed by atoms with Crippen molar-refractivity contribution in [2.45, 2.75) is 6.42 Å². The van der Waals surface area contributed by atoms with E-state index in [2.05, 4.69) is 20.2 Å². The Morgan fingerprint density at radius 3 is 2.69 bits per heavy atom. The van der Waals surface area contributed by atoms with Crippen LogP contribution in [0, 0.1) is 5.92 Å². The fourth-order valence-electron chi connectivity index (χ4n) is 4.03. The minimum Gasteiger partial charge on any atom is -0.506 e. The van der Waals surface area contributed by atoms with Gasteiger partial charge in [-0.3, -0.25) is 19.5 Å². The summed E-state index contributed by atoms with van der Waals surface area (Å²) in [5, 5.41) is 12.7. The van der Waals surface area contributed by atoms with Crippen molar-refractivity contribution in [2.24, 2.45) is 5.92 Å². The number of hydrogen-bond acceptors (Lipinski definition) is 8. The highest BCUT2D eigenvalue weighted by Crippen LogP contribution is 2.25. The van der Waals surface area contributed by atoms with Gasteiger partial charge in [0.25, 0.3) is 0 Å². The SMILES string of the molecule is Nc1cc(NC(=O)[C@@H]2CCN(CC(=O)N3CCN(c4cncc(Cl)n4)CC3)C2)ccc1O. The summed E-state index contributed by atoms with van der Waals surface area (Å²) in [6.07, 6.45) is 3.85. The first-order chi connectivity index (χ1) is 15.4. The standard InChI is InChI=1S/C21H26ClN7O3/c22-18-10-24-11-19(26-18)28-5-7-29(8-6-28)20(31)13-27-4-3-14(12-27)21(32)25-15-1-2-17(30)16(23)9-15/h1-2,9-11,14,30H,3-8,12-13,23H2,(H,25,32)/t14-/m1/s1. The van der Waals surface area contributed by atoms with Crippen LogP contribution in [0.1, 0.15) is 6.42 Å². The van der Waals surface area contributed by atoms with Gasteiger partial charge in [-0.2, -0.15) is 0 Å². The summed E-state index contributed by atoms with van der Waals surface area (Å²) in [5.74, 6) is 0.454. The lowest BCUT2D eigenvalue weighted by atomic mass is 10.1. The lowest BCUT2D eigenvalue weighted by Crippen LogP contribution is -2.51. The monoisotopic (exact) mass is 459 g/mol. The first-order valence-corrected chi connectivity index (χ1v) is 10.9. The van der Waals surface area contributed by atoms with Gasteiger partial charge in [-0.05, 0) is 31.2 Å². The number of halogens is 1. The molecule has 0 saturated carbocycles. The second kappa shape index (κ2) is 9.58. The van der Waals surface area contributed by atoms with Crippen LogP contribution >= 0.6 is 11.6 Å². The van der Waals surface area contributed by atoms with E-state index in [1.807, 2.05) is 9.80 Å². The number of nitrogens with one attached hydrogen (secondary N) is 1. The molecule has 170 valence electrons. The molecule has 2 aliphatic heterocycles. The fourth-order valence-corrected chi connectivity index (χ4v) is 4.17. The van der Waals surface area contributed by atoms with Crippen molar-refractivity contribution in [3.63, 3.8) is 0 Å². The topological polar surface area (TPSA) is 128 Å². The number of phenols is 1. The maximum absolute atomic E-state index is 12.8. The van der Waals surface area contributed by atoms with Crippen molar-refractivity contribution in [3.8, 4) is 5.75 Å². The van der Waals surface area contributed by atoms with Crippen LogP contribution < -0.4 is 16.0 Å². The number of benzene rings is 1. The van der Waals surface area contributed by atoms with Gasteiger partial charge in [-0.25, -0.2) is 4.98 Å². The van der Waals surface area contributed by atoms with Crippen LogP contribution in [0.3, 0.4) is 0 Å². The normalized spacial score (nSPS) is 19.2. The minimum absolute atomic E-state index is 0.0186. The van der Waals surface area contributed by atoms with Gasteiger partial charge < -0.3 is 26.0 Å². The van der Waals surface area contributed by atoms with Gasteiger partial charge in [0.2, 0.25) is 11.8 Å². The molecule has 3 heterocycles. The molecule has 1 aromatic heterocycles. The van der Waals surface area contributed by atoms with Crippen LogP contribution in [0.2, 0.25) is 5.15 Å². The van der Waals surface area contributed by atoms with Gasteiger partial charge in [0, 0.05) is 38.4 Å². The second-order valence-electron chi connectivity index (χ2n) is 8.05. The Labute approximate surface area is 191 Å². The van der Waals surface area contributed by atoms with Crippen molar-refractivity contribution in [1.29, 1.82) is 0 Å². The number of aromatic hydroxyl groups is 1. The highest BCUT2D eigenvalue weighted by Gasteiger charge is 2.31.